The summed E-state index contributed by atoms with van der Waals surface area (Å²) in [6, 6.07) is 6.40. The predicted molar refractivity (Wildman–Crippen MR) is 76.0 cm³/mol. The Morgan fingerprint density at radius 2 is 2.11 bits per heavy atom. The molecule has 0 unspecified atom stereocenters. The number of rotatable bonds is 4. The van der Waals surface area contributed by atoms with Crippen LogP contribution in [0.15, 0.2) is 30.6 Å². The van der Waals surface area contributed by atoms with Crippen LogP contribution >= 0.6 is 0 Å². The second-order valence-electron chi connectivity index (χ2n) is 4.70. The molecule has 2 aromatic rings. The number of aryl methyl sites for hydroxylation is 2. The molecule has 0 saturated heterocycles. The summed E-state index contributed by atoms with van der Waals surface area (Å²) >= 11 is 0. The zero-order valence-electron chi connectivity index (χ0n) is 11.4. The molecule has 18 heavy (non-hydrogen) atoms. The third-order valence-electron chi connectivity index (χ3n) is 3.06. The van der Waals surface area contributed by atoms with Crippen LogP contribution in [0.2, 0.25) is 0 Å². The minimum atomic E-state index is 0.736. The van der Waals surface area contributed by atoms with E-state index in [0.29, 0.717) is 0 Å². The number of hydrogen-bond acceptors (Lipinski definition) is 3. The molecule has 0 saturated carbocycles. The maximum absolute atomic E-state index is 4.30. The van der Waals surface area contributed by atoms with Gasteiger partial charge >= 0.3 is 0 Å². The highest BCUT2D eigenvalue weighted by atomic mass is 15.1. The third-order valence-corrected chi connectivity index (χ3v) is 3.06. The lowest BCUT2D eigenvalue weighted by molar-refractivity contribution is 0.813. The molecule has 2 rings (SSSR count). The van der Waals surface area contributed by atoms with Crippen molar-refractivity contribution in [3.8, 4) is 0 Å². The van der Waals surface area contributed by atoms with Gasteiger partial charge < -0.3 is 14.8 Å². The van der Waals surface area contributed by atoms with Crippen LogP contribution in [0.25, 0.3) is 0 Å². The van der Waals surface area contributed by atoms with Crippen LogP contribution in [0, 0.1) is 6.92 Å². The SMILES string of the molecule is Cc1ccc(NCc2nccn2C)cc1N(C)C. The van der Waals surface area contributed by atoms with Crippen molar-refractivity contribution in [2.24, 2.45) is 7.05 Å². The van der Waals surface area contributed by atoms with Crippen LogP contribution in [0.3, 0.4) is 0 Å². The summed E-state index contributed by atoms with van der Waals surface area (Å²) in [5.41, 5.74) is 3.63. The summed E-state index contributed by atoms with van der Waals surface area (Å²) in [5, 5.41) is 3.40. The first-order chi connectivity index (χ1) is 8.58. The molecule has 1 heterocycles. The molecule has 0 aliphatic heterocycles. The van der Waals surface area contributed by atoms with Gasteiger partial charge in [0.05, 0.1) is 6.54 Å². The average Bonchev–Trinajstić information content (AvgIpc) is 2.73. The number of nitrogens with one attached hydrogen (secondary N) is 1. The second kappa shape index (κ2) is 5.12. The summed E-state index contributed by atoms with van der Waals surface area (Å²) in [6.07, 6.45) is 3.77. The second-order valence-corrected chi connectivity index (χ2v) is 4.70. The molecule has 0 atom stereocenters. The van der Waals surface area contributed by atoms with Gasteiger partial charge in [0.2, 0.25) is 0 Å². The van der Waals surface area contributed by atoms with Gasteiger partial charge in [0.25, 0.3) is 0 Å². The molecule has 4 heteroatoms. The van der Waals surface area contributed by atoms with Gasteiger partial charge in [0, 0.05) is 44.9 Å². The van der Waals surface area contributed by atoms with Gasteiger partial charge in [-0.05, 0) is 24.6 Å². The van der Waals surface area contributed by atoms with E-state index in [2.05, 4.69) is 54.4 Å². The Labute approximate surface area is 108 Å². The molecule has 0 amide bonds. The largest absolute Gasteiger partial charge is 0.378 e. The molecule has 0 spiro atoms. The topological polar surface area (TPSA) is 33.1 Å². The summed E-state index contributed by atoms with van der Waals surface area (Å²) in [7, 11) is 6.13. The molecule has 0 bridgehead atoms. The molecule has 0 aliphatic rings. The summed E-state index contributed by atoms with van der Waals surface area (Å²) in [5.74, 6) is 1.03. The van der Waals surface area contributed by atoms with Gasteiger partial charge in [-0.25, -0.2) is 4.98 Å². The summed E-state index contributed by atoms with van der Waals surface area (Å²) < 4.78 is 2.02. The average molecular weight is 244 g/mol. The number of nitrogens with zero attached hydrogens (tertiary/aromatic N) is 3. The fraction of sp³-hybridized carbons (Fsp3) is 0.357. The molecule has 1 aromatic heterocycles. The van der Waals surface area contributed by atoms with Crippen LogP contribution in [-0.2, 0) is 13.6 Å². The zero-order valence-corrected chi connectivity index (χ0v) is 11.4. The van der Waals surface area contributed by atoms with E-state index in [1.165, 1.54) is 11.3 Å². The van der Waals surface area contributed by atoms with Gasteiger partial charge in [-0.15, -0.1) is 0 Å². The van der Waals surface area contributed by atoms with E-state index in [9.17, 15) is 0 Å². The highest BCUT2D eigenvalue weighted by molar-refractivity contribution is 5.61. The Hall–Kier alpha value is -1.97. The van der Waals surface area contributed by atoms with Crippen LogP contribution in [0.1, 0.15) is 11.4 Å². The van der Waals surface area contributed by atoms with Gasteiger partial charge in [-0.3, -0.25) is 0 Å². The van der Waals surface area contributed by atoms with Crippen molar-refractivity contribution in [2.45, 2.75) is 13.5 Å². The Bertz CT molecular complexity index is 528. The van der Waals surface area contributed by atoms with E-state index < -0.39 is 0 Å². The van der Waals surface area contributed by atoms with Gasteiger partial charge in [0.15, 0.2) is 0 Å². The lowest BCUT2D eigenvalue weighted by Crippen LogP contribution is -2.11. The van der Waals surface area contributed by atoms with Crippen molar-refractivity contribution < 1.29 is 0 Å². The first-order valence-corrected chi connectivity index (χ1v) is 6.06. The van der Waals surface area contributed by atoms with E-state index in [-0.39, 0.29) is 0 Å². The van der Waals surface area contributed by atoms with E-state index in [1.54, 1.807) is 0 Å². The van der Waals surface area contributed by atoms with Gasteiger partial charge in [0.1, 0.15) is 5.82 Å². The molecular weight excluding hydrogens is 224 g/mol. The van der Waals surface area contributed by atoms with Gasteiger partial charge in [-0.1, -0.05) is 6.07 Å². The predicted octanol–water partition coefficient (Wildman–Crippen LogP) is 2.41. The Morgan fingerprint density at radius 1 is 1.33 bits per heavy atom. The standard InChI is InChI=1S/C14H20N4/c1-11-5-6-12(9-13(11)17(2)3)16-10-14-15-7-8-18(14)4/h5-9,16H,10H2,1-4H3. The Morgan fingerprint density at radius 3 is 2.72 bits per heavy atom. The Balaban J connectivity index is 2.10. The van der Waals surface area contributed by atoms with E-state index in [4.69, 9.17) is 0 Å². The van der Waals surface area contributed by atoms with E-state index >= 15 is 0 Å². The molecule has 4 nitrogen and oxygen atoms in total. The third kappa shape index (κ3) is 2.64. The van der Waals surface area contributed by atoms with Crippen molar-refractivity contribution in [3.05, 3.63) is 42.0 Å². The fourth-order valence-corrected chi connectivity index (χ4v) is 1.95. The molecule has 96 valence electrons. The van der Waals surface area contributed by atoms with Gasteiger partial charge in [-0.2, -0.15) is 0 Å². The van der Waals surface area contributed by atoms with Crippen LogP contribution in [0.5, 0.6) is 0 Å². The van der Waals surface area contributed by atoms with Crippen molar-refractivity contribution in [2.75, 3.05) is 24.3 Å². The number of benzene rings is 1. The maximum Gasteiger partial charge on any atom is 0.127 e. The number of hydrogen-bond donors (Lipinski definition) is 1. The Kier molecular flexibility index (Phi) is 3.55. The minimum Gasteiger partial charge on any atom is -0.378 e. The highest BCUT2D eigenvalue weighted by Crippen LogP contribution is 2.22. The van der Waals surface area contributed by atoms with Crippen LogP contribution in [0.4, 0.5) is 11.4 Å². The normalized spacial score (nSPS) is 10.4. The first-order valence-electron chi connectivity index (χ1n) is 6.06. The maximum atomic E-state index is 4.30. The monoisotopic (exact) mass is 244 g/mol. The molecule has 0 aliphatic carbocycles. The molecular formula is C14H20N4. The van der Waals surface area contributed by atoms with Crippen molar-refractivity contribution in [1.82, 2.24) is 9.55 Å². The van der Waals surface area contributed by atoms with Crippen molar-refractivity contribution >= 4 is 11.4 Å². The quantitative estimate of drug-likeness (QED) is 0.896. The number of anilines is 2. The van der Waals surface area contributed by atoms with E-state index in [1.807, 2.05) is 24.0 Å². The summed E-state index contributed by atoms with van der Waals surface area (Å²) in [4.78, 5) is 6.42. The van der Waals surface area contributed by atoms with E-state index in [0.717, 1.165) is 18.1 Å². The molecule has 0 fully saturated rings. The smallest absolute Gasteiger partial charge is 0.127 e. The van der Waals surface area contributed by atoms with Crippen LogP contribution in [-0.4, -0.2) is 23.6 Å². The minimum absolute atomic E-state index is 0.736. The number of imidazole rings is 1. The summed E-state index contributed by atoms with van der Waals surface area (Å²) in [6.45, 7) is 2.86. The van der Waals surface area contributed by atoms with Crippen molar-refractivity contribution in [3.63, 3.8) is 0 Å². The van der Waals surface area contributed by atoms with Crippen LogP contribution < -0.4 is 10.2 Å². The lowest BCUT2D eigenvalue weighted by atomic mass is 10.1. The highest BCUT2D eigenvalue weighted by Gasteiger charge is 2.03. The molecule has 0 radical (unpaired) electrons. The van der Waals surface area contributed by atoms with Crippen molar-refractivity contribution in [1.29, 1.82) is 0 Å². The number of aromatic nitrogens is 2. The lowest BCUT2D eigenvalue weighted by Gasteiger charge is -2.17. The first kappa shape index (κ1) is 12.5. The molecule has 1 N–H and O–H groups in total. The zero-order chi connectivity index (χ0) is 13.1. The molecule has 1 aromatic carbocycles. The fourth-order valence-electron chi connectivity index (χ4n) is 1.95.